The van der Waals surface area contributed by atoms with Crippen molar-refractivity contribution in [3.05, 3.63) is 56.7 Å². The zero-order valence-corrected chi connectivity index (χ0v) is 16.0. The van der Waals surface area contributed by atoms with Crippen LogP contribution >= 0.6 is 22.6 Å². The molecule has 6 heteroatoms. The molecule has 128 valence electrons. The Morgan fingerprint density at radius 3 is 2.62 bits per heavy atom. The molecule has 5 nitrogen and oxygen atoms in total. The van der Waals surface area contributed by atoms with E-state index in [1.165, 1.54) is 12.7 Å². The van der Waals surface area contributed by atoms with Crippen LogP contribution in [0.2, 0.25) is 0 Å². The number of nitrogens with zero attached hydrogens (tertiary/aromatic N) is 1. The van der Waals surface area contributed by atoms with E-state index in [1.54, 1.807) is 12.1 Å². The van der Waals surface area contributed by atoms with E-state index < -0.39 is 6.09 Å². The van der Waals surface area contributed by atoms with Crippen LogP contribution in [0.25, 0.3) is 0 Å². The highest BCUT2D eigenvalue weighted by Gasteiger charge is 2.18. The summed E-state index contributed by atoms with van der Waals surface area (Å²) in [4.78, 5) is 11.6. The van der Waals surface area contributed by atoms with Gasteiger partial charge in [0.25, 0.3) is 0 Å². The van der Waals surface area contributed by atoms with Crippen molar-refractivity contribution >= 4 is 34.4 Å². The number of ether oxygens (including phenoxy) is 2. The minimum Gasteiger partial charge on any atom is -0.489 e. The Kier molecular flexibility index (Phi) is 6.44. The largest absolute Gasteiger partial charge is 0.489 e. The Balaban J connectivity index is 2.23. The molecule has 2 aromatic carbocycles. The first-order valence-corrected chi connectivity index (χ1v) is 8.61. The fourth-order valence-electron chi connectivity index (χ4n) is 2.31. The molecular weight excluding hydrogens is 421 g/mol. The molecule has 0 atom stereocenters. The molecule has 1 amide bonds. The molecule has 0 aliphatic rings. The van der Waals surface area contributed by atoms with E-state index in [0.717, 1.165) is 21.3 Å². The van der Waals surface area contributed by atoms with E-state index in [-0.39, 0.29) is 6.61 Å². The number of hydrogen-bond donors (Lipinski definition) is 1. The number of rotatable bonds is 5. The lowest BCUT2D eigenvalue weighted by Crippen LogP contribution is -2.28. The predicted molar refractivity (Wildman–Crippen MR) is 101 cm³/mol. The van der Waals surface area contributed by atoms with Crippen LogP contribution in [0.15, 0.2) is 36.4 Å². The maximum absolute atomic E-state index is 11.6. The number of methoxy groups -OCH3 is 1. The van der Waals surface area contributed by atoms with Crippen molar-refractivity contribution in [2.45, 2.75) is 26.9 Å². The molecular formula is C18H20INO4. The molecule has 0 aliphatic carbocycles. The number of amides is 1. The molecule has 24 heavy (non-hydrogen) atoms. The van der Waals surface area contributed by atoms with Crippen LogP contribution in [0.5, 0.6) is 5.75 Å². The first-order valence-electron chi connectivity index (χ1n) is 7.54. The van der Waals surface area contributed by atoms with Gasteiger partial charge in [-0.1, -0.05) is 19.1 Å². The molecule has 0 aromatic heterocycles. The van der Waals surface area contributed by atoms with Gasteiger partial charge in [-0.15, -0.1) is 0 Å². The summed E-state index contributed by atoms with van der Waals surface area (Å²) in [6, 6.07) is 11.4. The van der Waals surface area contributed by atoms with Gasteiger partial charge in [-0.05, 0) is 71.3 Å². The van der Waals surface area contributed by atoms with Crippen molar-refractivity contribution in [1.29, 1.82) is 0 Å². The van der Waals surface area contributed by atoms with Gasteiger partial charge in [0.15, 0.2) is 0 Å². The van der Waals surface area contributed by atoms with E-state index in [9.17, 15) is 10.0 Å². The zero-order valence-electron chi connectivity index (χ0n) is 13.9. The zero-order chi connectivity index (χ0) is 17.7. The number of halogens is 1. The summed E-state index contributed by atoms with van der Waals surface area (Å²) in [6.07, 6.45) is 0.127. The summed E-state index contributed by atoms with van der Waals surface area (Å²) in [5.74, 6) is 0.777. The molecule has 1 N–H and O–H groups in total. The number of aryl methyl sites for hydroxylation is 2. The van der Waals surface area contributed by atoms with Crippen LogP contribution in [-0.4, -0.2) is 18.4 Å². The average molecular weight is 441 g/mol. The molecule has 2 aromatic rings. The smallest absolute Gasteiger partial charge is 0.438 e. The molecule has 0 unspecified atom stereocenters. The van der Waals surface area contributed by atoms with Gasteiger partial charge in [0, 0.05) is 9.13 Å². The van der Waals surface area contributed by atoms with Gasteiger partial charge in [0.1, 0.15) is 12.4 Å². The SMILES string of the molecule is CCc1ccc(OCc2cc(I)ccc2N(O)C(=O)OC)c(C)c1. The van der Waals surface area contributed by atoms with E-state index in [4.69, 9.17) is 4.74 Å². The lowest BCUT2D eigenvalue weighted by molar-refractivity contribution is 0.140. The summed E-state index contributed by atoms with van der Waals surface area (Å²) in [5.41, 5.74) is 3.33. The monoisotopic (exact) mass is 441 g/mol. The summed E-state index contributed by atoms with van der Waals surface area (Å²) < 4.78 is 11.4. The van der Waals surface area contributed by atoms with E-state index in [2.05, 4.69) is 40.3 Å². The number of carbonyl (C=O) groups is 1. The predicted octanol–water partition coefficient (Wildman–Crippen LogP) is 4.70. The fraction of sp³-hybridized carbons (Fsp3) is 0.278. The van der Waals surface area contributed by atoms with Gasteiger partial charge >= 0.3 is 6.09 Å². The van der Waals surface area contributed by atoms with Crippen molar-refractivity contribution in [3.63, 3.8) is 0 Å². The van der Waals surface area contributed by atoms with Crippen molar-refractivity contribution in [2.75, 3.05) is 12.2 Å². The van der Waals surface area contributed by atoms with Gasteiger partial charge in [-0.3, -0.25) is 5.21 Å². The first-order chi connectivity index (χ1) is 11.5. The minimum absolute atomic E-state index is 0.229. The van der Waals surface area contributed by atoms with Crippen molar-refractivity contribution < 1.29 is 19.5 Å². The van der Waals surface area contributed by atoms with Gasteiger partial charge < -0.3 is 9.47 Å². The Morgan fingerprint density at radius 1 is 1.25 bits per heavy atom. The third-order valence-electron chi connectivity index (χ3n) is 3.65. The maximum Gasteiger partial charge on any atom is 0.438 e. The molecule has 0 fully saturated rings. The summed E-state index contributed by atoms with van der Waals surface area (Å²) in [7, 11) is 1.22. The number of benzene rings is 2. The lowest BCUT2D eigenvalue weighted by Gasteiger charge is -2.18. The second-order valence-corrected chi connectivity index (χ2v) is 6.54. The second-order valence-electron chi connectivity index (χ2n) is 5.30. The standard InChI is InChI=1S/C18H20INO4/c1-4-13-5-8-17(12(2)9-13)24-11-14-10-15(19)6-7-16(14)20(22)18(21)23-3/h5-10,22H,4,11H2,1-3H3. The number of hydroxylamine groups is 1. The summed E-state index contributed by atoms with van der Waals surface area (Å²) in [5, 5.41) is 10.5. The van der Waals surface area contributed by atoms with Crippen LogP contribution in [0.3, 0.4) is 0 Å². The topological polar surface area (TPSA) is 59.0 Å². The van der Waals surface area contributed by atoms with Crippen molar-refractivity contribution in [2.24, 2.45) is 0 Å². The van der Waals surface area contributed by atoms with Crippen LogP contribution in [0, 0.1) is 10.5 Å². The van der Waals surface area contributed by atoms with Crippen LogP contribution in [0.4, 0.5) is 10.5 Å². The second kappa shape index (κ2) is 8.34. The maximum atomic E-state index is 11.6. The average Bonchev–Trinajstić information content (AvgIpc) is 2.59. The lowest BCUT2D eigenvalue weighted by atomic mass is 10.1. The Bertz CT molecular complexity index is 733. The Hall–Kier alpha value is -1.80. The molecule has 2 rings (SSSR count). The highest BCUT2D eigenvalue weighted by atomic mass is 127. The Morgan fingerprint density at radius 2 is 2.00 bits per heavy atom. The third kappa shape index (κ3) is 4.39. The molecule has 0 spiro atoms. The number of carbonyl (C=O) groups excluding carboxylic acids is 1. The van der Waals surface area contributed by atoms with Gasteiger partial charge in [0.2, 0.25) is 0 Å². The van der Waals surface area contributed by atoms with Crippen LogP contribution < -0.4 is 9.80 Å². The quantitative estimate of drug-likeness (QED) is 0.415. The fourth-order valence-corrected chi connectivity index (χ4v) is 2.87. The van der Waals surface area contributed by atoms with E-state index >= 15 is 0 Å². The normalized spacial score (nSPS) is 10.4. The molecule has 0 radical (unpaired) electrons. The van der Waals surface area contributed by atoms with Crippen molar-refractivity contribution in [1.82, 2.24) is 0 Å². The van der Waals surface area contributed by atoms with Gasteiger partial charge in [0.05, 0.1) is 12.8 Å². The van der Waals surface area contributed by atoms with Gasteiger partial charge in [-0.25, -0.2) is 4.79 Å². The van der Waals surface area contributed by atoms with Gasteiger partial charge in [-0.2, -0.15) is 5.06 Å². The van der Waals surface area contributed by atoms with E-state index in [0.29, 0.717) is 16.3 Å². The highest BCUT2D eigenvalue weighted by Crippen LogP contribution is 2.26. The molecule has 0 aliphatic heterocycles. The molecule has 0 heterocycles. The first kappa shape index (κ1) is 18.5. The van der Waals surface area contributed by atoms with Crippen LogP contribution in [0.1, 0.15) is 23.6 Å². The molecule has 0 bridgehead atoms. The Labute approximate surface area is 155 Å². The number of hydrogen-bond acceptors (Lipinski definition) is 4. The molecule has 0 saturated carbocycles. The highest BCUT2D eigenvalue weighted by molar-refractivity contribution is 14.1. The van der Waals surface area contributed by atoms with Crippen molar-refractivity contribution in [3.8, 4) is 5.75 Å². The van der Waals surface area contributed by atoms with E-state index in [1.807, 2.05) is 25.1 Å². The number of anilines is 1. The summed E-state index contributed by atoms with van der Waals surface area (Å²) >= 11 is 2.17. The third-order valence-corrected chi connectivity index (χ3v) is 4.32. The van der Waals surface area contributed by atoms with Crippen LogP contribution in [-0.2, 0) is 17.8 Å². The molecule has 0 saturated heterocycles. The summed E-state index contributed by atoms with van der Waals surface area (Å²) in [6.45, 7) is 4.33. The minimum atomic E-state index is -0.846.